The summed E-state index contributed by atoms with van der Waals surface area (Å²) in [5.41, 5.74) is 0. The average molecular weight is 243 g/mol. The second-order valence-corrected chi connectivity index (χ2v) is 4.12. The van der Waals surface area contributed by atoms with Crippen molar-refractivity contribution in [2.75, 3.05) is 24.3 Å². The Labute approximate surface area is 102 Å². The fraction of sp³-hybridized carbons (Fsp3) is 0.583. The predicted molar refractivity (Wildman–Crippen MR) is 68.4 cm³/mol. The Kier molecular flexibility index (Phi) is 6.01. The van der Waals surface area contributed by atoms with E-state index in [1.807, 2.05) is 19.1 Å². The van der Waals surface area contributed by atoms with Crippen molar-refractivity contribution in [3.8, 4) is 5.75 Å². The molecule has 0 aliphatic heterocycles. The maximum absolute atomic E-state index is 5.69. The minimum absolute atomic E-state index is 0.536. The fourth-order valence-electron chi connectivity index (χ4n) is 1.35. The normalized spacial score (nSPS) is 12.2. The molecular weight excluding hydrogens is 224 g/mol. The van der Waals surface area contributed by atoms with Crippen LogP contribution in [0, 0.1) is 5.92 Å². The van der Waals surface area contributed by atoms with Gasteiger partial charge in [-0.15, -0.1) is 11.6 Å². The first-order valence-electron chi connectivity index (χ1n) is 5.65. The summed E-state index contributed by atoms with van der Waals surface area (Å²) >= 11 is 5.69. The van der Waals surface area contributed by atoms with Gasteiger partial charge in [-0.25, -0.2) is 4.98 Å². The van der Waals surface area contributed by atoms with Crippen LogP contribution in [0.15, 0.2) is 18.3 Å². The molecule has 1 rings (SSSR count). The second kappa shape index (κ2) is 7.34. The van der Waals surface area contributed by atoms with Gasteiger partial charge in [0, 0.05) is 18.6 Å². The van der Waals surface area contributed by atoms with Crippen molar-refractivity contribution < 1.29 is 4.74 Å². The zero-order valence-electron chi connectivity index (χ0n) is 9.87. The Morgan fingerprint density at radius 3 is 3.06 bits per heavy atom. The maximum atomic E-state index is 5.69. The van der Waals surface area contributed by atoms with Crippen LogP contribution in [-0.2, 0) is 0 Å². The monoisotopic (exact) mass is 242 g/mol. The highest BCUT2D eigenvalue weighted by Crippen LogP contribution is 2.21. The van der Waals surface area contributed by atoms with E-state index >= 15 is 0 Å². The van der Waals surface area contributed by atoms with Crippen molar-refractivity contribution in [1.29, 1.82) is 0 Å². The molecule has 0 bridgehead atoms. The second-order valence-electron chi connectivity index (χ2n) is 3.75. The minimum Gasteiger partial charge on any atom is -0.490 e. The summed E-state index contributed by atoms with van der Waals surface area (Å²) in [7, 11) is 0. The highest BCUT2D eigenvalue weighted by Gasteiger charge is 2.05. The van der Waals surface area contributed by atoms with Gasteiger partial charge in [0.2, 0.25) is 0 Å². The third-order valence-electron chi connectivity index (χ3n) is 2.29. The number of nitrogens with one attached hydrogen (secondary N) is 1. The van der Waals surface area contributed by atoms with Crippen LogP contribution in [0.3, 0.4) is 0 Å². The predicted octanol–water partition coefficient (Wildman–Crippen LogP) is 3.16. The molecule has 0 aliphatic carbocycles. The van der Waals surface area contributed by atoms with Crippen LogP contribution in [-0.4, -0.2) is 24.0 Å². The van der Waals surface area contributed by atoms with E-state index in [0.717, 1.165) is 24.5 Å². The quantitative estimate of drug-likeness (QED) is 0.746. The molecule has 0 saturated carbocycles. The molecule has 1 heterocycles. The van der Waals surface area contributed by atoms with E-state index in [1.165, 1.54) is 0 Å². The third kappa shape index (κ3) is 4.27. The molecule has 1 N–H and O–H groups in total. The van der Waals surface area contributed by atoms with E-state index in [-0.39, 0.29) is 0 Å². The Balaban J connectivity index is 2.52. The Morgan fingerprint density at radius 1 is 1.56 bits per heavy atom. The lowest BCUT2D eigenvalue weighted by atomic mass is 10.1. The summed E-state index contributed by atoms with van der Waals surface area (Å²) in [4.78, 5) is 4.26. The number of nitrogens with zero attached hydrogens (tertiary/aromatic N) is 1. The molecular formula is C12H19ClN2O. The molecule has 0 saturated heterocycles. The molecule has 4 heteroatoms. The van der Waals surface area contributed by atoms with Crippen LogP contribution >= 0.6 is 11.6 Å². The number of alkyl halides is 1. The van der Waals surface area contributed by atoms with Gasteiger partial charge < -0.3 is 10.1 Å². The zero-order valence-corrected chi connectivity index (χ0v) is 10.6. The first-order valence-corrected chi connectivity index (χ1v) is 6.19. The minimum atomic E-state index is 0.536. The first-order chi connectivity index (χ1) is 7.77. The SMILES string of the molecule is CCOc1cccnc1NCC(C)CCCl. The Hall–Kier alpha value is -0.960. The van der Waals surface area contributed by atoms with Gasteiger partial charge >= 0.3 is 0 Å². The lowest BCUT2D eigenvalue weighted by Gasteiger charge is -2.14. The van der Waals surface area contributed by atoms with Crippen LogP contribution in [0.2, 0.25) is 0 Å². The van der Waals surface area contributed by atoms with Crippen LogP contribution in [0.1, 0.15) is 20.3 Å². The summed E-state index contributed by atoms with van der Waals surface area (Å²) in [5.74, 6) is 2.85. The Morgan fingerprint density at radius 2 is 2.38 bits per heavy atom. The molecule has 0 spiro atoms. The van der Waals surface area contributed by atoms with Crippen molar-refractivity contribution in [1.82, 2.24) is 4.98 Å². The van der Waals surface area contributed by atoms with Crippen molar-refractivity contribution >= 4 is 17.4 Å². The summed E-state index contributed by atoms with van der Waals surface area (Å²) < 4.78 is 5.48. The summed E-state index contributed by atoms with van der Waals surface area (Å²) in [6.45, 7) is 5.65. The first kappa shape index (κ1) is 13.1. The van der Waals surface area contributed by atoms with E-state index in [4.69, 9.17) is 16.3 Å². The molecule has 0 radical (unpaired) electrons. The van der Waals surface area contributed by atoms with Crippen LogP contribution in [0.5, 0.6) is 5.75 Å². The summed E-state index contributed by atoms with van der Waals surface area (Å²) in [6, 6.07) is 3.80. The number of anilines is 1. The van der Waals surface area contributed by atoms with Gasteiger partial charge in [0.25, 0.3) is 0 Å². The molecule has 1 atom stereocenters. The number of hydrogen-bond acceptors (Lipinski definition) is 3. The van der Waals surface area contributed by atoms with Gasteiger partial charge in [0.05, 0.1) is 6.61 Å². The van der Waals surface area contributed by atoms with Crippen molar-refractivity contribution in [2.24, 2.45) is 5.92 Å². The van der Waals surface area contributed by atoms with E-state index in [0.29, 0.717) is 18.4 Å². The van der Waals surface area contributed by atoms with Crippen molar-refractivity contribution in [3.05, 3.63) is 18.3 Å². The van der Waals surface area contributed by atoms with E-state index < -0.39 is 0 Å². The topological polar surface area (TPSA) is 34.1 Å². The van der Waals surface area contributed by atoms with Gasteiger partial charge in [-0.3, -0.25) is 0 Å². The molecule has 90 valence electrons. The molecule has 1 aromatic heterocycles. The standard InChI is InChI=1S/C12H19ClN2O/c1-3-16-11-5-4-8-14-12(11)15-9-10(2)6-7-13/h4-5,8,10H,3,6-7,9H2,1-2H3,(H,14,15). The molecule has 3 nitrogen and oxygen atoms in total. The van der Waals surface area contributed by atoms with Crippen molar-refractivity contribution in [3.63, 3.8) is 0 Å². The van der Waals surface area contributed by atoms with Crippen LogP contribution < -0.4 is 10.1 Å². The number of pyridine rings is 1. The van der Waals surface area contributed by atoms with Gasteiger partial charge in [0.1, 0.15) is 0 Å². The lowest BCUT2D eigenvalue weighted by molar-refractivity contribution is 0.340. The van der Waals surface area contributed by atoms with E-state index in [1.54, 1.807) is 6.20 Å². The van der Waals surface area contributed by atoms with Crippen LogP contribution in [0.4, 0.5) is 5.82 Å². The fourth-order valence-corrected chi connectivity index (χ4v) is 1.73. The highest BCUT2D eigenvalue weighted by molar-refractivity contribution is 6.17. The van der Waals surface area contributed by atoms with Crippen LogP contribution in [0.25, 0.3) is 0 Å². The molecule has 16 heavy (non-hydrogen) atoms. The maximum Gasteiger partial charge on any atom is 0.168 e. The smallest absolute Gasteiger partial charge is 0.168 e. The van der Waals surface area contributed by atoms with E-state index in [2.05, 4.69) is 17.2 Å². The van der Waals surface area contributed by atoms with Gasteiger partial charge in [0.15, 0.2) is 11.6 Å². The molecule has 0 amide bonds. The Bertz CT molecular complexity index is 307. The largest absolute Gasteiger partial charge is 0.490 e. The van der Waals surface area contributed by atoms with Gasteiger partial charge in [-0.1, -0.05) is 6.92 Å². The number of halogens is 1. The molecule has 0 aliphatic rings. The summed E-state index contributed by atoms with van der Waals surface area (Å²) in [6.07, 6.45) is 2.77. The number of ether oxygens (including phenoxy) is 1. The molecule has 1 aromatic rings. The third-order valence-corrected chi connectivity index (χ3v) is 2.51. The van der Waals surface area contributed by atoms with Gasteiger partial charge in [-0.2, -0.15) is 0 Å². The highest BCUT2D eigenvalue weighted by atomic mass is 35.5. The zero-order chi connectivity index (χ0) is 11.8. The molecule has 0 aromatic carbocycles. The summed E-state index contributed by atoms with van der Waals surface area (Å²) in [5, 5.41) is 3.29. The number of aromatic nitrogens is 1. The molecule has 0 fully saturated rings. The van der Waals surface area contributed by atoms with Gasteiger partial charge in [-0.05, 0) is 31.4 Å². The average Bonchev–Trinajstić information content (AvgIpc) is 2.29. The van der Waals surface area contributed by atoms with Crippen molar-refractivity contribution in [2.45, 2.75) is 20.3 Å². The molecule has 1 unspecified atom stereocenters. The number of rotatable bonds is 7. The number of hydrogen-bond donors (Lipinski definition) is 1. The van der Waals surface area contributed by atoms with E-state index in [9.17, 15) is 0 Å². The lowest BCUT2D eigenvalue weighted by Crippen LogP contribution is -2.13.